The van der Waals surface area contributed by atoms with E-state index in [2.05, 4.69) is 5.32 Å². The van der Waals surface area contributed by atoms with Crippen LogP contribution in [0.2, 0.25) is 5.02 Å². The fourth-order valence-corrected chi connectivity index (χ4v) is 2.75. The van der Waals surface area contributed by atoms with Gasteiger partial charge in [0.25, 0.3) is 0 Å². The van der Waals surface area contributed by atoms with Crippen molar-refractivity contribution in [3.8, 4) is 0 Å². The van der Waals surface area contributed by atoms with Gasteiger partial charge >= 0.3 is 0 Å². The molecular weight excluding hydrogens is 330 g/mol. The fourth-order valence-electron chi connectivity index (χ4n) is 2.52. The summed E-state index contributed by atoms with van der Waals surface area (Å²) >= 11 is 6.15. The van der Waals surface area contributed by atoms with Crippen molar-refractivity contribution in [1.29, 1.82) is 0 Å². The van der Waals surface area contributed by atoms with E-state index in [1.165, 1.54) is 0 Å². The predicted octanol–water partition coefficient (Wildman–Crippen LogP) is 5.35. The summed E-state index contributed by atoms with van der Waals surface area (Å²) in [7, 11) is 0. The van der Waals surface area contributed by atoms with Crippen LogP contribution in [0.25, 0.3) is 5.70 Å². The Hall–Kier alpha value is -2.84. The highest BCUT2D eigenvalue weighted by molar-refractivity contribution is 6.34. The molecular formula is C22H18ClNO. The average molecular weight is 348 g/mol. The van der Waals surface area contributed by atoms with E-state index in [1.54, 1.807) is 18.2 Å². The molecule has 0 fully saturated rings. The summed E-state index contributed by atoms with van der Waals surface area (Å²) in [6, 6.07) is 27.0. The molecule has 2 nitrogen and oxygen atoms in total. The van der Waals surface area contributed by atoms with Gasteiger partial charge in [0.15, 0.2) is 5.78 Å². The molecule has 0 spiro atoms. The Morgan fingerprint density at radius 3 is 2.12 bits per heavy atom. The Kier molecular flexibility index (Phi) is 5.65. The first-order valence-electron chi connectivity index (χ1n) is 8.08. The summed E-state index contributed by atoms with van der Waals surface area (Å²) in [5, 5.41) is 3.83. The second-order valence-corrected chi connectivity index (χ2v) is 6.01. The van der Waals surface area contributed by atoms with Gasteiger partial charge in [-0.25, -0.2) is 0 Å². The Bertz CT molecular complexity index is 873. The molecule has 3 aromatic rings. The monoisotopic (exact) mass is 347 g/mol. The lowest BCUT2D eigenvalue weighted by atomic mass is 10.1. The maximum absolute atomic E-state index is 12.7. The molecule has 0 radical (unpaired) electrons. The molecule has 0 aliphatic rings. The summed E-state index contributed by atoms with van der Waals surface area (Å²) in [4.78, 5) is 12.7. The number of hydrogen-bond acceptors (Lipinski definition) is 2. The molecule has 0 saturated carbocycles. The molecule has 0 saturated heterocycles. The first-order chi connectivity index (χ1) is 12.2. The number of hydrogen-bond donors (Lipinski definition) is 1. The number of halogens is 1. The van der Waals surface area contributed by atoms with Crippen LogP contribution < -0.4 is 5.32 Å². The van der Waals surface area contributed by atoms with Gasteiger partial charge < -0.3 is 5.32 Å². The van der Waals surface area contributed by atoms with Crippen molar-refractivity contribution >= 4 is 23.1 Å². The molecule has 3 rings (SSSR count). The van der Waals surface area contributed by atoms with E-state index in [0.717, 1.165) is 16.8 Å². The highest BCUT2D eigenvalue weighted by Gasteiger charge is 2.10. The third-order valence-electron chi connectivity index (χ3n) is 3.83. The molecule has 0 bridgehead atoms. The number of nitrogens with one attached hydrogen (secondary N) is 1. The Labute approximate surface area is 152 Å². The van der Waals surface area contributed by atoms with Crippen molar-refractivity contribution in [3.05, 3.63) is 113 Å². The van der Waals surface area contributed by atoms with Crippen LogP contribution in [0, 0.1) is 0 Å². The zero-order chi connectivity index (χ0) is 17.5. The lowest BCUT2D eigenvalue weighted by Crippen LogP contribution is -2.13. The second kappa shape index (κ2) is 8.32. The zero-order valence-corrected chi connectivity index (χ0v) is 14.4. The molecule has 3 heteroatoms. The highest BCUT2D eigenvalue weighted by Crippen LogP contribution is 2.19. The largest absolute Gasteiger partial charge is 0.380 e. The minimum Gasteiger partial charge on any atom is -0.380 e. The number of ketones is 1. The lowest BCUT2D eigenvalue weighted by Gasteiger charge is -2.12. The first kappa shape index (κ1) is 17.0. The summed E-state index contributed by atoms with van der Waals surface area (Å²) in [5.41, 5.74) is 3.38. The molecule has 25 heavy (non-hydrogen) atoms. The number of allylic oxidation sites excluding steroid dienone is 1. The Morgan fingerprint density at radius 1 is 0.840 bits per heavy atom. The molecule has 0 unspecified atom stereocenters. The molecule has 124 valence electrons. The molecule has 3 aromatic carbocycles. The van der Waals surface area contributed by atoms with E-state index < -0.39 is 0 Å². The van der Waals surface area contributed by atoms with Crippen molar-refractivity contribution in [1.82, 2.24) is 5.32 Å². The van der Waals surface area contributed by atoms with Gasteiger partial charge in [0.2, 0.25) is 0 Å². The molecule has 0 aliphatic heterocycles. The van der Waals surface area contributed by atoms with Crippen LogP contribution in [0.15, 0.2) is 91.0 Å². The summed E-state index contributed by atoms with van der Waals surface area (Å²) < 4.78 is 0. The molecule has 0 heterocycles. The van der Waals surface area contributed by atoms with Crippen LogP contribution in [-0.4, -0.2) is 5.78 Å². The van der Waals surface area contributed by atoms with Crippen molar-refractivity contribution in [3.63, 3.8) is 0 Å². The molecule has 1 N–H and O–H groups in total. The van der Waals surface area contributed by atoms with Crippen molar-refractivity contribution < 1.29 is 4.79 Å². The van der Waals surface area contributed by atoms with Crippen LogP contribution in [0.4, 0.5) is 0 Å². The van der Waals surface area contributed by atoms with Crippen molar-refractivity contribution in [2.75, 3.05) is 0 Å². The topological polar surface area (TPSA) is 29.1 Å². The van der Waals surface area contributed by atoms with Crippen molar-refractivity contribution in [2.45, 2.75) is 6.54 Å². The number of carbonyl (C=O) groups is 1. The maximum atomic E-state index is 12.7. The summed E-state index contributed by atoms with van der Waals surface area (Å²) in [5.74, 6) is -0.120. The van der Waals surface area contributed by atoms with E-state index in [9.17, 15) is 4.79 Å². The number of rotatable bonds is 6. The third kappa shape index (κ3) is 4.59. The van der Waals surface area contributed by atoms with Crippen LogP contribution in [-0.2, 0) is 6.54 Å². The summed E-state index contributed by atoms with van der Waals surface area (Å²) in [6.45, 7) is 0.636. The van der Waals surface area contributed by atoms with Crippen molar-refractivity contribution in [2.24, 2.45) is 0 Å². The average Bonchev–Trinajstić information content (AvgIpc) is 2.67. The minimum atomic E-state index is -0.120. The van der Waals surface area contributed by atoms with E-state index >= 15 is 0 Å². The van der Waals surface area contributed by atoms with Crippen LogP contribution in [0.1, 0.15) is 21.5 Å². The Balaban J connectivity index is 1.88. The fraction of sp³-hybridized carbons (Fsp3) is 0.0455. The Morgan fingerprint density at radius 2 is 1.44 bits per heavy atom. The number of benzene rings is 3. The van der Waals surface area contributed by atoms with Gasteiger partial charge in [0.1, 0.15) is 0 Å². The van der Waals surface area contributed by atoms with Gasteiger partial charge in [-0.2, -0.15) is 0 Å². The first-order valence-corrected chi connectivity index (χ1v) is 8.45. The van der Waals surface area contributed by atoms with E-state index in [4.69, 9.17) is 11.6 Å². The molecule has 0 amide bonds. The third-order valence-corrected chi connectivity index (χ3v) is 4.15. The lowest BCUT2D eigenvalue weighted by molar-refractivity contribution is 0.104. The molecule has 0 aliphatic carbocycles. The van der Waals surface area contributed by atoms with E-state index in [1.807, 2.05) is 72.8 Å². The summed E-state index contributed by atoms with van der Waals surface area (Å²) in [6.07, 6.45) is 1.61. The van der Waals surface area contributed by atoms with Gasteiger partial charge in [-0.05, 0) is 23.3 Å². The quantitative estimate of drug-likeness (QED) is 0.481. The van der Waals surface area contributed by atoms with Crippen LogP contribution >= 0.6 is 11.6 Å². The molecule has 0 atom stereocenters. The SMILES string of the molecule is O=C(/C=C(/NCc1ccccc1)c1ccccc1)c1ccccc1Cl. The predicted molar refractivity (Wildman–Crippen MR) is 103 cm³/mol. The normalized spacial score (nSPS) is 11.2. The second-order valence-electron chi connectivity index (χ2n) is 5.61. The smallest absolute Gasteiger partial charge is 0.189 e. The standard InChI is InChI=1S/C22H18ClNO/c23-20-14-8-7-13-19(20)22(25)15-21(18-11-5-2-6-12-18)24-16-17-9-3-1-4-10-17/h1-15,24H,16H2/b21-15+. The highest BCUT2D eigenvalue weighted by atomic mass is 35.5. The van der Waals surface area contributed by atoms with Crippen LogP contribution in [0.3, 0.4) is 0 Å². The minimum absolute atomic E-state index is 0.120. The van der Waals surface area contributed by atoms with E-state index in [-0.39, 0.29) is 5.78 Å². The van der Waals surface area contributed by atoms with Gasteiger partial charge in [-0.15, -0.1) is 0 Å². The van der Waals surface area contributed by atoms with Crippen LogP contribution in [0.5, 0.6) is 0 Å². The molecule has 0 aromatic heterocycles. The maximum Gasteiger partial charge on any atom is 0.189 e. The van der Waals surface area contributed by atoms with E-state index in [0.29, 0.717) is 17.1 Å². The van der Waals surface area contributed by atoms with Gasteiger partial charge in [-0.3, -0.25) is 4.79 Å². The van der Waals surface area contributed by atoms with Gasteiger partial charge in [-0.1, -0.05) is 84.4 Å². The van der Waals surface area contributed by atoms with Gasteiger partial charge in [0, 0.05) is 23.9 Å². The number of carbonyl (C=O) groups excluding carboxylic acids is 1. The van der Waals surface area contributed by atoms with Gasteiger partial charge in [0.05, 0.1) is 5.02 Å². The zero-order valence-electron chi connectivity index (χ0n) is 13.7.